The lowest BCUT2D eigenvalue weighted by atomic mass is 10.0. The molecule has 2 N–H and O–H groups in total. The van der Waals surface area contributed by atoms with Gasteiger partial charge in [0.15, 0.2) is 0 Å². The van der Waals surface area contributed by atoms with E-state index in [-0.39, 0.29) is 12.3 Å². The highest BCUT2D eigenvalue weighted by Gasteiger charge is 2.14. The number of methoxy groups -OCH3 is 1. The van der Waals surface area contributed by atoms with Gasteiger partial charge in [0.2, 0.25) is 5.91 Å². The van der Waals surface area contributed by atoms with E-state index in [1.54, 1.807) is 25.4 Å². The molecule has 6 nitrogen and oxygen atoms in total. The molecule has 3 aromatic rings. The SMILES string of the molecule is COc1ccc2cc(Br)ccc2c1CC(=O)NNC(=O)c1cccnc1. The third-order valence-electron chi connectivity index (χ3n) is 3.85. The van der Waals surface area contributed by atoms with Crippen LogP contribution in [0.15, 0.2) is 59.3 Å². The third-order valence-corrected chi connectivity index (χ3v) is 4.34. The number of fused-ring (bicyclic) bond motifs is 1. The molecule has 1 aromatic heterocycles. The number of nitrogens with zero attached hydrogens (tertiary/aromatic N) is 1. The Kier molecular flexibility index (Phi) is 5.48. The number of rotatable bonds is 4. The molecule has 3 rings (SSSR count). The lowest BCUT2D eigenvalue weighted by Gasteiger charge is -2.13. The van der Waals surface area contributed by atoms with Gasteiger partial charge < -0.3 is 4.74 Å². The molecule has 0 saturated heterocycles. The lowest BCUT2D eigenvalue weighted by Crippen LogP contribution is -2.42. The Balaban J connectivity index is 1.75. The smallest absolute Gasteiger partial charge is 0.271 e. The van der Waals surface area contributed by atoms with Crippen molar-refractivity contribution in [2.45, 2.75) is 6.42 Å². The van der Waals surface area contributed by atoms with Crippen LogP contribution in [-0.4, -0.2) is 23.9 Å². The maximum Gasteiger partial charge on any atom is 0.271 e. The van der Waals surface area contributed by atoms with Crippen molar-refractivity contribution in [3.8, 4) is 5.75 Å². The average molecular weight is 414 g/mol. The zero-order valence-electron chi connectivity index (χ0n) is 14.0. The first-order valence-electron chi connectivity index (χ1n) is 7.83. The standard InChI is InChI=1S/C19H16BrN3O3/c1-26-17-7-4-12-9-14(20)5-6-15(12)16(17)10-18(24)22-23-19(25)13-3-2-8-21-11-13/h2-9,11H,10H2,1H3,(H,22,24)(H,23,25). The summed E-state index contributed by atoms with van der Waals surface area (Å²) in [4.78, 5) is 28.2. The average Bonchev–Trinajstić information content (AvgIpc) is 2.66. The van der Waals surface area contributed by atoms with Gasteiger partial charge in [-0.1, -0.05) is 28.1 Å². The van der Waals surface area contributed by atoms with Crippen molar-refractivity contribution in [3.05, 3.63) is 70.5 Å². The topological polar surface area (TPSA) is 80.3 Å². The summed E-state index contributed by atoms with van der Waals surface area (Å²) in [5, 5.41) is 1.91. The normalized spacial score (nSPS) is 10.4. The van der Waals surface area contributed by atoms with Crippen LogP contribution in [0.1, 0.15) is 15.9 Å². The molecule has 0 bridgehead atoms. The zero-order valence-corrected chi connectivity index (χ0v) is 15.5. The molecule has 0 fully saturated rings. The number of hydrogen-bond donors (Lipinski definition) is 2. The Morgan fingerprint density at radius 3 is 2.73 bits per heavy atom. The Hall–Kier alpha value is -2.93. The van der Waals surface area contributed by atoms with E-state index in [0.29, 0.717) is 11.3 Å². The highest BCUT2D eigenvalue weighted by molar-refractivity contribution is 9.10. The summed E-state index contributed by atoms with van der Waals surface area (Å²) in [7, 11) is 1.56. The van der Waals surface area contributed by atoms with Crippen molar-refractivity contribution in [2.24, 2.45) is 0 Å². The molecule has 0 spiro atoms. The maximum atomic E-state index is 12.3. The molecule has 0 saturated carbocycles. The number of amides is 2. The molecule has 0 aliphatic carbocycles. The number of aromatic nitrogens is 1. The van der Waals surface area contributed by atoms with Crippen LogP contribution in [0, 0.1) is 0 Å². The van der Waals surface area contributed by atoms with Gasteiger partial charge >= 0.3 is 0 Å². The summed E-state index contributed by atoms with van der Waals surface area (Å²) in [5.74, 6) is -0.162. The fourth-order valence-corrected chi connectivity index (χ4v) is 3.00. The largest absolute Gasteiger partial charge is 0.496 e. The van der Waals surface area contributed by atoms with Gasteiger partial charge in [-0.2, -0.15) is 0 Å². The second-order valence-electron chi connectivity index (χ2n) is 5.53. The Morgan fingerprint density at radius 1 is 1.15 bits per heavy atom. The predicted octanol–water partition coefficient (Wildman–Crippen LogP) is 3.01. The highest BCUT2D eigenvalue weighted by Crippen LogP contribution is 2.30. The summed E-state index contributed by atoms with van der Waals surface area (Å²) < 4.78 is 6.35. The van der Waals surface area contributed by atoms with Gasteiger partial charge in [-0.3, -0.25) is 25.4 Å². The summed E-state index contributed by atoms with van der Waals surface area (Å²) in [6, 6.07) is 12.8. The fraction of sp³-hybridized carbons (Fsp3) is 0.105. The quantitative estimate of drug-likeness (QED) is 0.644. The number of hydrogen-bond acceptors (Lipinski definition) is 4. The van der Waals surface area contributed by atoms with Gasteiger partial charge in [-0.05, 0) is 41.1 Å². The third kappa shape index (κ3) is 4.00. The molecular formula is C19H16BrN3O3. The summed E-state index contributed by atoms with van der Waals surface area (Å²) in [6.45, 7) is 0. The molecular weight excluding hydrogens is 398 g/mol. The van der Waals surface area contributed by atoms with Crippen LogP contribution >= 0.6 is 15.9 Å². The second-order valence-corrected chi connectivity index (χ2v) is 6.45. The fourth-order valence-electron chi connectivity index (χ4n) is 2.62. The molecule has 2 amide bonds. The number of ether oxygens (including phenoxy) is 1. The molecule has 0 radical (unpaired) electrons. The van der Waals surface area contributed by atoms with Crippen molar-refractivity contribution >= 4 is 38.5 Å². The molecule has 132 valence electrons. The van der Waals surface area contributed by atoms with E-state index in [1.807, 2.05) is 30.3 Å². The number of nitrogens with one attached hydrogen (secondary N) is 2. The van der Waals surface area contributed by atoms with Crippen LogP contribution in [0.5, 0.6) is 5.75 Å². The van der Waals surface area contributed by atoms with E-state index in [9.17, 15) is 9.59 Å². The molecule has 7 heteroatoms. The molecule has 26 heavy (non-hydrogen) atoms. The molecule has 0 unspecified atom stereocenters. The first kappa shape index (κ1) is 17.9. The van der Waals surface area contributed by atoms with Crippen molar-refractivity contribution in [2.75, 3.05) is 7.11 Å². The van der Waals surface area contributed by atoms with Gasteiger partial charge in [-0.25, -0.2) is 0 Å². The van der Waals surface area contributed by atoms with Gasteiger partial charge in [0.1, 0.15) is 5.75 Å². The second kappa shape index (κ2) is 7.97. The highest BCUT2D eigenvalue weighted by atomic mass is 79.9. The first-order chi connectivity index (χ1) is 12.6. The van der Waals surface area contributed by atoms with Gasteiger partial charge in [0.25, 0.3) is 5.91 Å². The van der Waals surface area contributed by atoms with Gasteiger partial charge in [0, 0.05) is 22.4 Å². The number of benzene rings is 2. The van der Waals surface area contributed by atoms with E-state index in [2.05, 4.69) is 31.8 Å². The minimum absolute atomic E-state index is 0.0649. The van der Waals surface area contributed by atoms with Crippen molar-refractivity contribution in [1.29, 1.82) is 0 Å². The van der Waals surface area contributed by atoms with Gasteiger partial charge in [-0.15, -0.1) is 0 Å². The number of pyridine rings is 1. The number of hydrazine groups is 1. The van der Waals surface area contributed by atoms with Crippen molar-refractivity contribution < 1.29 is 14.3 Å². The van der Waals surface area contributed by atoms with Crippen LogP contribution in [0.2, 0.25) is 0 Å². The predicted molar refractivity (Wildman–Crippen MR) is 102 cm³/mol. The number of halogens is 1. The monoisotopic (exact) mass is 413 g/mol. The summed E-state index contributed by atoms with van der Waals surface area (Å²) in [5.41, 5.74) is 5.93. The van der Waals surface area contributed by atoms with E-state index in [1.165, 1.54) is 6.20 Å². The van der Waals surface area contributed by atoms with Crippen LogP contribution in [-0.2, 0) is 11.2 Å². The zero-order chi connectivity index (χ0) is 18.5. The van der Waals surface area contributed by atoms with Gasteiger partial charge in [0.05, 0.1) is 19.1 Å². The minimum Gasteiger partial charge on any atom is -0.496 e. The number of carbonyl (C=O) groups is 2. The van der Waals surface area contributed by atoms with Crippen LogP contribution in [0.25, 0.3) is 10.8 Å². The molecule has 0 aliphatic heterocycles. The van der Waals surface area contributed by atoms with E-state index >= 15 is 0 Å². The first-order valence-corrected chi connectivity index (χ1v) is 8.62. The Bertz CT molecular complexity index is 961. The lowest BCUT2D eigenvalue weighted by molar-refractivity contribution is -0.121. The summed E-state index contributed by atoms with van der Waals surface area (Å²) in [6.07, 6.45) is 3.06. The molecule has 0 atom stereocenters. The Morgan fingerprint density at radius 2 is 2.00 bits per heavy atom. The molecule has 0 aliphatic rings. The van der Waals surface area contributed by atoms with Crippen molar-refractivity contribution in [1.82, 2.24) is 15.8 Å². The van der Waals surface area contributed by atoms with Crippen molar-refractivity contribution in [3.63, 3.8) is 0 Å². The molecule has 1 heterocycles. The Labute approximate surface area is 158 Å². The summed E-state index contributed by atoms with van der Waals surface area (Å²) >= 11 is 3.44. The minimum atomic E-state index is -0.430. The molecule has 2 aromatic carbocycles. The number of carbonyl (C=O) groups excluding carboxylic acids is 2. The van der Waals surface area contributed by atoms with Crippen LogP contribution in [0.4, 0.5) is 0 Å². The van der Waals surface area contributed by atoms with E-state index in [0.717, 1.165) is 20.8 Å². The maximum absolute atomic E-state index is 12.3. The van der Waals surface area contributed by atoms with E-state index < -0.39 is 5.91 Å². The van der Waals surface area contributed by atoms with E-state index in [4.69, 9.17) is 4.74 Å². The van der Waals surface area contributed by atoms with Crippen LogP contribution < -0.4 is 15.6 Å². The van der Waals surface area contributed by atoms with Crippen LogP contribution in [0.3, 0.4) is 0 Å².